The highest BCUT2D eigenvalue weighted by Gasteiger charge is 2.23. The van der Waals surface area contributed by atoms with E-state index in [0.29, 0.717) is 6.04 Å². The summed E-state index contributed by atoms with van der Waals surface area (Å²) in [6.45, 7) is 8.01. The van der Waals surface area contributed by atoms with Gasteiger partial charge in [0.2, 0.25) is 0 Å². The Balaban J connectivity index is 0.00000256. The Labute approximate surface area is 186 Å². The number of aromatic amines is 1. The summed E-state index contributed by atoms with van der Waals surface area (Å²) in [4.78, 5) is 5.32. The van der Waals surface area contributed by atoms with Crippen LogP contribution in [-0.2, 0) is 6.54 Å². The highest BCUT2D eigenvalue weighted by Crippen LogP contribution is 2.26. The molecule has 2 fully saturated rings. The molecule has 0 saturated carbocycles. The number of H-pyrrole nitrogens is 1. The largest absolute Gasteiger partial charge is 0.497 e. The number of methoxy groups -OCH3 is 1. The highest BCUT2D eigenvalue weighted by atomic mass is 35.5. The Morgan fingerprint density at radius 3 is 2.63 bits per heavy atom. The molecule has 2 aliphatic heterocycles. The molecule has 0 spiro atoms. The molecular formula is C23H36ClN5O. The molecule has 0 amide bonds. The molecule has 6 nitrogen and oxygen atoms in total. The van der Waals surface area contributed by atoms with Crippen LogP contribution in [0.5, 0.6) is 5.75 Å². The molecule has 166 valence electrons. The third-order valence-corrected chi connectivity index (χ3v) is 6.41. The molecule has 1 aromatic heterocycles. The van der Waals surface area contributed by atoms with Gasteiger partial charge in [-0.25, -0.2) is 0 Å². The molecule has 0 aliphatic carbocycles. The maximum absolute atomic E-state index is 5.30. The number of halogens is 1. The van der Waals surface area contributed by atoms with Crippen LogP contribution >= 0.6 is 12.4 Å². The minimum absolute atomic E-state index is 0. The van der Waals surface area contributed by atoms with Crippen LogP contribution in [0.2, 0.25) is 0 Å². The fourth-order valence-corrected chi connectivity index (χ4v) is 4.65. The predicted molar refractivity (Wildman–Crippen MR) is 124 cm³/mol. The van der Waals surface area contributed by atoms with Gasteiger partial charge in [-0.3, -0.25) is 10.00 Å². The summed E-state index contributed by atoms with van der Waals surface area (Å²) in [5.74, 6) is 0.881. The monoisotopic (exact) mass is 433 g/mol. The average molecular weight is 434 g/mol. The first-order valence-electron chi connectivity index (χ1n) is 11.2. The Morgan fingerprint density at radius 1 is 1.13 bits per heavy atom. The van der Waals surface area contributed by atoms with Crippen LogP contribution in [0.1, 0.15) is 37.7 Å². The molecule has 2 saturated heterocycles. The van der Waals surface area contributed by atoms with Crippen LogP contribution in [0.25, 0.3) is 11.3 Å². The third kappa shape index (κ3) is 5.97. The molecule has 1 atom stereocenters. The van der Waals surface area contributed by atoms with E-state index in [4.69, 9.17) is 4.74 Å². The zero-order valence-corrected chi connectivity index (χ0v) is 18.9. The third-order valence-electron chi connectivity index (χ3n) is 6.41. The van der Waals surface area contributed by atoms with Crippen molar-refractivity contribution in [1.29, 1.82) is 0 Å². The topological polar surface area (TPSA) is 56.4 Å². The number of benzene rings is 1. The maximum Gasteiger partial charge on any atom is 0.118 e. The van der Waals surface area contributed by atoms with Crippen molar-refractivity contribution in [2.45, 2.75) is 44.7 Å². The number of rotatable bonds is 8. The number of piperidine rings is 2. The van der Waals surface area contributed by atoms with Crippen molar-refractivity contribution in [2.75, 3.05) is 46.4 Å². The second kappa shape index (κ2) is 11.7. The molecule has 2 N–H and O–H groups in total. The first-order chi connectivity index (χ1) is 14.3. The van der Waals surface area contributed by atoms with Crippen molar-refractivity contribution in [1.82, 2.24) is 25.3 Å². The molecule has 1 unspecified atom stereocenters. The molecule has 2 aliphatic rings. The number of nitrogens with one attached hydrogen (secondary N) is 2. The van der Waals surface area contributed by atoms with Crippen LogP contribution in [0.15, 0.2) is 30.5 Å². The minimum Gasteiger partial charge on any atom is -0.497 e. The van der Waals surface area contributed by atoms with Crippen LogP contribution in [0, 0.1) is 0 Å². The fourth-order valence-electron chi connectivity index (χ4n) is 4.65. The lowest BCUT2D eigenvalue weighted by Gasteiger charge is -2.36. The summed E-state index contributed by atoms with van der Waals surface area (Å²) in [6, 6.07) is 8.84. The molecular weight excluding hydrogens is 398 g/mol. The van der Waals surface area contributed by atoms with E-state index in [-0.39, 0.29) is 12.4 Å². The first kappa shape index (κ1) is 23.1. The quantitative estimate of drug-likeness (QED) is 0.666. The summed E-state index contributed by atoms with van der Waals surface area (Å²) in [6.07, 6.45) is 8.66. The smallest absolute Gasteiger partial charge is 0.118 e. The van der Waals surface area contributed by atoms with E-state index in [2.05, 4.69) is 37.4 Å². The van der Waals surface area contributed by atoms with Gasteiger partial charge in [0.1, 0.15) is 5.75 Å². The molecule has 7 heteroatoms. The van der Waals surface area contributed by atoms with Crippen molar-refractivity contribution in [3.8, 4) is 17.0 Å². The van der Waals surface area contributed by atoms with Gasteiger partial charge in [-0.1, -0.05) is 6.42 Å². The molecule has 1 aromatic carbocycles. The Morgan fingerprint density at radius 2 is 1.93 bits per heavy atom. The van der Waals surface area contributed by atoms with Gasteiger partial charge in [0.25, 0.3) is 0 Å². The standard InChI is InChI=1S/C23H35N5O.ClH/c1-29-22-9-7-19(8-10-22)23-20(16-25-26-23)18-28(21-6-5-11-24-17-21)15-14-27-12-3-2-4-13-27;/h7-10,16,21,24H,2-6,11-15,17-18H2,1H3,(H,25,26);1H. The molecule has 0 radical (unpaired) electrons. The number of aromatic nitrogens is 2. The summed E-state index contributed by atoms with van der Waals surface area (Å²) < 4.78 is 5.30. The normalized spacial score (nSPS) is 20.1. The lowest BCUT2D eigenvalue weighted by molar-refractivity contribution is 0.125. The summed E-state index contributed by atoms with van der Waals surface area (Å²) in [5.41, 5.74) is 3.56. The average Bonchev–Trinajstić information content (AvgIpc) is 3.26. The minimum atomic E-state index is 0. The SMILES string of the molecule is COc1ccc(-c2[nH]ncc2CN(CCN2CCCCC2)C2CCCNC2)cc1.Cl. The van der Waals surface area contributed by atoms with Crippen molar-refractivity contribution in [2.24, 2.45) is 0 Å². The molecule has 3 heterocycles. The number of ether oxygens (including phenoxy) is 1. The van der Waals surface area contributed by atoms with Crippen molar-refractivity contribution < 1.29 is 4.74 Å². The number of nitrogens with zero attached hydrogens (tertiary/aromatic N) is 3. The second-order valence-corrected chi connectivity index (χ2v) is 8.37. The van der Waals surface area contributed by atoms with Crippen LogP contribution in [0.4, 0.5) is 0 Å². The van der Waals surface area contributed by atoms with Gasteiger partial charge in [-0.15, -0.1) is 12.4 Å². The molecule has 2 aromatic rings. The van der Waals surface area contributed by atoms with Gasteiger partial charge in [-0.2, -0.15) is 5.10 Å². The van der Waals surface area contributed by atoms with E-state index < -0.39 is 0 Å². The summed E-state index contributed by atoms with van der Waals surface area (Å²) in [7, 11) is 1.70. The van der Waals surface area contributed by atoms with Gasteiger partial charge in [0, 0.05) is 43.3 Å². The van der Waals surface area contributed by atoms with Crippen LogP contribution < -0.4 is 10.1 Å². The number of likely N-dealkylation sites (tertiary alicyclic amines) is 1. The number of hydrogen-bond acceptors (Lipinski definition) is 5. The van der Waals surface area contributed by atoms with Gasteiger partial charge >= 0.3 is 0 Å². The van der Waals surface area contributed by atoms with E-state index in [1.165, 1.54) is 57.3 Å². The van der Waals surface area contributed by atoms with Crippen molar-refractivity contribution in [3.05, 3.63) is 36.0 Å². The fraction of sp³-hybridized carbons (Fsp3) is 0.609. The van der Waals surface area contributed by atoms with E-state index in [1.807, 2.05) is 18.3 Å². The van der Waals surface area contributed by atoms with Gasteiger partial charge < -0.3 is 15.0 Å². The maximum atomic E-state index is 5.30. The molecule has 30 heavy (non-hydrogen) atoms. The van der Waals surface area contributed by atoms with Gasteiger partial charge in [0.05, 0.1) is 19.0 Å². The lowest BCUT2D eigenvalue weighted by atomic mass is 10.0. The Kier molecular flexibility index (Phi) is 9.00. The first-order valence-corrected chi connectivity index (χ1v) is 11.2. The van der Waals surface area contributed by atoms with E-state index in [9.17, 15) is 0 Å². The van der Waals surface area contributed by atoms with Gasteiger partial charge in [0.15, 0.2) is 0 Å². The Bertz CT molecular complexity index is 738. The summed E-state index contributed by atoms with van der Waals surface area (Å²) in [5, 5.41) is 11.2. The lowest BCUT2D eigenvalue weighted by Crippen LogP contribution is -2.48. The predicted octanol–water partition coefficient (Wildman–Crippen LogP) is 3.55. The van der Waals surface area contributed by atoms with E-state index >= 15 is 0 Å². The molecule has 0 bridgehead atoms. The zero-order chi connectivity index (χ0) is 19.9. The van der Waals surface area contributed by atoms with Crippen molar-refractivity contribution >= 4 is 12.4 Å². The summed E-state index contributed by atoms with van der Waals surface area (Å²) >= 11 is 0. The molecule has 4 rings (SSSR count). The van der Waals surface area contributed by atoms with Crippen LogP contribution in [-0.4, -0.2) is 72.4 Å². The zero-order valence-electron chi connectivity index (χ0n) is 18.1. The van der Waals surface area contributed by atoms with E-state index in [1.54, 1.807) is 7.11 Å². The van der Waals surface area contributed by atoms with Crippen molar-refractivity contribution in [3.63, 3.8) is 0 Å². The van der Waals surface area contributed by atoms with E-state index in [0.717, 1.165) is 43.2 Å². The van der Waals surface area contributed by atoms with Gasteiger partial charge in [-0.05, 0) is 69.6 Å². The second-order valence-electron chi connectivity index (χ2n) is 8.37. The van der Waals surface area contributed by atoms with Crippen LogP contribution in [0.3, 0.4) is 0 Å². The number of hydrogen-bond donors (Lipinski definition) is 2. The highest BCUT2D eigenvalue weighted by molar-refractivity contribution is 5.85. The Hall–Kier alpha value is -1.60.